The summed E-state index contributed by atoms with van der Waals surface area (Å²) in [5.74, 6) is 0.0307. The van der Waals surface area contributed by atoms with Gasteiger partial charge in [0.05, 0.1) is 0 Å². The summed E-state index contributed by atoms with van der Waals surface area (Å²) >= 11 is 0. The lowest BCUT2D eigenvalue weighted by Gasteiger charge is -2.29. The van der Waals surface area contributed by atoms with Crippen molar-refractivity contribution in [1.29, 1.82) is 0 Å². The van der Waals surface area contributed by atoms with Crippen LogP contribution in [0.15, 0.2) is 24.3 Å². The van der Waals surface area contributed by atoms with E-state index in [1.807, 2.05) is 43.9 Å². The number of amides is 2. The molecule has 22 heavy (non-hydrogen) atoms. The lowest BCUT2D eigenvalue weighted by molar-refractivity contribution is -0.118. The predicted octanol–water partition coefficient (Wildman–Crippen LogP) is 2.88. The molecule has 0 atom stereocenters. The van der Waals surface area contributed by atoms with Gasteiger partial charge in [-0.1, -0.05) is 18.2 Å². The van der Waals surface area contributed by atoms with Crippen molar-refractivity contribution in [2.45, 2.75) is 45.6 Å². The van der Waals surface area contributed by atoms with Gasteiger partial charge in [-0.15, -0.1) is 0 Å². The Morgan fingerprint density at radius 1 is 1.27 bits per heavy atom. The first kappa shape index (κ1) is 16.3. The highest BCUT2D eigenvalue weighted by Crippen LogP contribution is 2.26. The van der Waals surface area contributed by atoms with Crippen molar-refractivity contribution in [3.8, 4) is 0 Å². The Kier molecular flexibility index (Phi) is 5.06. The second kappa shape index (κ2) is 6.81. The van der Waals surface area contributed by atoms with Gasteiger partial charge in [0.2, 0.25) is 5.91 Å². The molecule has 0 saturated heterocycles. The predicted molar refractivity (Wildman–Crippen MR) is 86.0 cm³/mol. The van der Waals surface area contributed by atoms with E-state index in [9.17, 15) is 9.59 Å². The molecule has 0 radical (unpaired) electrons. The van der Waals surface area contributed by atoms with Crippen LogP contribution in [-0.4, -0.2) is 30.7 Å². The molecule has 0 bridgehead atoms. The Morgan fingerprint density at radius 2 is 2.00 bits per heavy atom. The van der Waals surface area contributed by atoms with Gasteiger partial charge in [-0.3, -0.25) is 4.79 Å². The molecule has 1 N–H and O–H groups in total. The van der Waals surface area contributed by atoms with Crippen LogP contribution < -0.4 is 10.2 Å². The van der Waals surface area contributed by atoms with Crippen molar-refractivity contribution in [2.24, 2.45) is 0 Å². The van der Waals surface area contributed by atoms with Crippen molar-refractivity contribution in [3.63, 3.8) is 0 Å². The lowest BCUT2D eigenvalue weighted by atomic mass is 10.0. The Hall–Kier alpha value is -2.04. The fourth-order valence-corrected chi connectivity index (χ4v) is 2.51. The highest BCUT2D eigenvalue weighted by Gasteiger charge is 2.22. The van der Waals surface area contributed by atoms with Crippen LogP contribution in [0.25, 0.3) is 0 Å². The molecular weight excluding hydrogens is 280 g/mol. The zero-order chi connectivity index (χ0) is 16.2. The Labute approximate surface area is 131 Å². The molecule has 120 valence electrons. The number of hydrogen-bond acceptors (Lipinski definition) is 3. The number of aryl methyl sites for hydroxylation is 1. The largest absolute Gasteiger partial charge is 0.444 e. The van der Waals surface area contributed by atoms with Crippen LogP contribution in [0, 0.1) is 0 Å². The molecule has 1 aliphatic heterocycles. The van der Waals surface area contributed by atoms with Gasteiger partial charge in [-0.25, -0.2) is 4.79 Å². The Bertz CT molecular complexity index is 549. The molecular formula is C17H24N2O3. The molecule has 0 aliphatic carbocycles. The molecule has 0 saturated carbocycles. The van der Waals surface area contributed by atoms with Crippen LogP contribution in [0.5, 0.6) is 0 Å². The van der Waals surface area contributed by atoms with E-state index in [0.717, 1.165) is 25.1 Å². The van der Waals surface area contributed by atoms with Crippen LogP contribution in [0.2, 0.25) is 0 Å². The van der Waals surface area contributed by atoms with E-state index >= 15 is 0 Å². The van der Waals surface area contributed by atoms with Gasteiger partial charge >= 0.3 is 6.09 Å². The molecule has 0 aromatic heterocycles. The van der Waals surface area contributed by atoms with Crippen molar-refractivity contribution >= 4 is 17.7 Å². The lowest BCUT2D eigenvalue weighted by Crippen LogP contribution is -2.38. The van der Waals surface area contributed by atoms with Gasteiger partial charge in [-0.2, -0.15) is 0 Å². The standard InChI is InChI=1S/C17H24N2O3/c1-17(2,3)22-16(21)18-11-10-15(20)19-12-6-8-13-7-4-5-9-14(13)19/h4-5,7,9H,6,8,10-12H2,1-3H3,(H,18,21). The smallest absolute Gasteiger partial charge is 0.407 e. The number of carbonyl (C=O) groups is 2. The average molecular weight is 304 g/mol. The van der Waals surface area contributed by atoms with Crippen molar-refractivity contribution < 1.29 is 14.3 Å². The molecule has 2 amide bonds. The maximum atomic E-state index is 12.4. The summed E-state index contributed by atoms with van der Waals surface area (Å²) in [6, 6.07) is 7.99. The number of nitrogens with zero attached hydrogens (tertiary/aromatic N) is 1. The second-order valence-corrected chi connectivity index (χ2v) is 6.46. The topological polar surface area (TPSA) is 58.6 Å². The summed E-state index contributed by atoms with van der Waals surface area (Å²) in [6.07, 6.45) is 1.77. The maximum absolute atomic E-state index is 12.4. The second-order valence-electron chi connectivity index (χ2n) is 6.46. The Morgan fingerprint density at radius 3 is 2.73 bits per heavy atom. The number of anilines is 1. The summed E-state index contributed by atoms with van der Waals surface area (Å²) in [6.45, 7) is 6.45. The molecule has 1 heterocycles. The van der Waals surface area contributed by atoms with Gasteiger partial charge in [0.15, 0.2) is 0 Å². The number of alkyl carbamates (subject to hydrolysis) is 1. The molecule has 5 heteroatoms. The monoisotopic (exact) mass is 304 g/mol. The highest BCUT2D eigenvalue weighted by molar-refractivity contribution is 5.94. The number of benzene rings is 1. The van der Waals surface area contributed by atoms with Crippen LogP contribution >= 0.6 is 0 Å². The van der Waals surface area contributed by atoms with E-state index in [2.05, 4.69) is 11.4 Å². The van der Waals surface area contributed by atoms with Gasteiger partial charge in [0.1, 0.15) is 5.60 Å². The molecule has 0 spiro atoms. The van der Waals surface area contributed by atoms with E-state index in [1.54, 1.807) is 0 Å². The van der Waals surface area contributed by atoms with E-state index in [4.69, 9.17) is 4.74 Å². The van der Waals surface area contributed by atoms with Crippen LogP contribution in [0.3, 0.4) is 0 Å². The fourth-order valence-electron chi connectivity index (χ4n) is 2.51. The zero-order valence-corrected chi connectivity index (χ0v) is 13.5. The molecule has 0 fully saturated rings. The minimum Gasteiger partial charge on any atom is -0.444 e. The number of hydrogen-bond donors (Lipinski definition) is 1. The summed E-state index contributed by atoms with van der Waals surface area (Å²) in [7, 11) is 0. The first-order chi connectivity index (χ1) is 10.4. The van der Waals surface area contributed by atoms with Crippen molar-refractivity contribution in [2.75, 3.05) is 18.0 Å². The fraction of sp³-hybridized carbons (Fsp3) is 0.529. The average Bonchev–Trinajstić information content (AvgIpc) is 2.44. The molecule has 5 nitrogen and oxygen atoms in total. The van der Waals surface area contributed by atoms with E-state index < -0.39 is 11.7 Å². The maximum Gasteiger partial charge on any atom is 0.407 e. The van der Waals surface area contributed by atoms with Gasteiger partial charge in [0.25, 0.3) is 0 Å². The summed E-state index contributed by atoms with van der Waals surface area (Å²) < 4.78 is 5.15. The van der Waals surface area contributed by atoms with Crippen molar-refractivity contribution in [1.82, 2.24) is 5.32 Å². The van der Waals surface area contributed by atoms with E-state index in [1.165, 1.54) is 5.56 Å². The Balaban J connectivity index is 1.85. The number of ether oxygens (including phenoxy) is 1. The molecule has 0 unspecified atom stereocenters. The quantitative estimate of drug-likeness (QED) is 0.934. The summed E-state index contributed by atoms with van der Waals surface area (Å²) in [5, 5.41) is 2.62. The van der Waals surface area contributed by atoms with Crippen molar-refractivity contribution in [3.05, 3.63) is 29.8 Å². The van der Waals surface area contributed by atoms with Crippen LogP contribution in [-0.2, 0) is 16.0 Å². The SMILES string of the molecule is CC(C)(C)OC(=O)NCCC(=O)N1CCCc2ccccc21. The third kappa shape index (κ3) is 4.48. The third-order valence-electron chi connectivity index (χ3n) is 3.42. The van der Waals surface area contributed by atoms with Gasteiger partial charge in [-0.05, 0) is 45.2 Å². The molecule has 1 aromatic carbocycles. The first-order valence-corrected chi connectivity index (χ1v) is 7.72. The minimum absolute atomic E-state index is 0.0307. The highest BCUT2D eigenvalue weighted by atomic mass is 16.6. The number of nitrogens with one attached hydrogen (secondary N) is 1. The number of rotatable bonds is 3. The summed E-state index contributed by atoms with van der Waals surface area (Å²) in [5.41, 5.74) is 1.68. The number of fused-ring (bicyclic) bond motifs is 1. The first-order valence-electron chi connectivity index (χ1n) is 7.72. The molecule has 1 aromatic rings. The number of carbonyl (C=O) groups excluding carboxylic acids is 2. The van der Waals surface area contributed by atoms with Crippen LogP contribution in [0.1, 0.15) is 39.2 Å². The zero-order valence-electron chi connectivity index (χ0n) is 13.5. The van der Waals surface area contributed by atoms with Gasteiger partial charge in [0, 0.05) is 25.2 Å². The van der Waals surface area contributed by atoms with Gasteiger partial charge < -0.3 is 15.0 Å². The van der Waals surface area contributed by atoms with Crippen LogP contribution in [0.4, 0.5) is 10.5 Å². The molecule has 2 rings (SSSR count). The molecule has 1 aliphatic rings. The van der Waals surface area contributed by atoms with E-state index in [-0.39, 0.29) is 18.9 Å². The third-order valence-corrected chi connectivity index (χ3v) is 3.42. The number of para-hydroxylation sites is 1. The van der Waals surface area contributed by atoms with E-state index in [0.29, 0.717) is 0 Å². The normalized spacial score (nSPS) is 14.2. The minimum atomic E-state index is -0.528. The summed E-state index contributed by atoms with van der Waals surface area (Å²) in [4.78, 5) is 25.7.